The Morgan fingerprint density at radius 2 is 2.35 bits per heavy atom. The summed E-state index contributed by atoms with van der Waals surface area (Å²) in [6.45, 7) is 3.69. The maximum absolute atomic E-state index is 10.6. The van der Waals surface area contributed by atoms with Crippen LogP contribution >= 0.6 is 0 Å². The Balaban J connectivity index is 2.70. The largest absolute Gasteiger partial charge is 0.383 e. The van der Waals surface area contributed by atoms with E-state index in [0.717, 1.165) is 0 Å². The molecule has 6 nitrogen and oxygen atoms in total. The minimum Gasteiger partial charge on any atom is -0.383 e. The fourth-order valence-corrected chi connectivity index (χ4v) is 1.31. The summed E-state index contributed by atoms with van der Waals surface area (Å²) in [6, 6.07) is 6.16. The van der Waals surface area contributed by atoms with Gasteiger partial charge in [-0.15, -0.1) is 0 Å². The van der Waals surface area contributed by atoms with Gasteiger partial charge in [-0.3, -0.25) is 10.1 Å². The third-order valence-corrected chi connectivity index (χ3v) is 2.09. The lowest BCUT2D eigenvalue weighted by atomic mass is 10.2. The van der Waals surface area contributed by atoms with Crippen LogP contribution in [-0.4, -0.2) is 24.7 Å². The highest BCUT2D eigenvalue weighted by atomic mass is 16.6. The molecule has 0 aliphatic carbocycles. The third kappa shape index (κ3) is 3.74. The van der Waals surface area contributed by atoms with Crippen molar-refractivity contribution in [1.29, 1.82) is 5.26 Å². The van der Waals surface area contributed by atoms with Crippen molar-refractivity contribution in [2.75, 3.05) is 25.1 Å². The Labute approximate surface area is 99.0 Å². The summed E-state index contributed by atoms with van der Waals surface area (Å²) < 4.78 is 5.14. The van der Waals surface area contributed by atoms with Crippen molar-refractivity contribution in [3.8, 4) is 6.07 Å². The molecule has 1 aromatic rings. The molecule has 1 rings (SSSR count). The lowest BCUT2D eigenvalue weighted by Gasteiger charge is -2.06. The van der Waals surface area contributed by atoms with Gasteiger partial charge in [0.2, 0.25) is 0 Å². The van der Waals surface area contributed by atoms with Gasteiger partial charge in [0.05, 0.1) is 11.5 Å². The zero-order chi connectivity index (χ0) is 12.7. The number of hydrogen-bond acceptors (Lipinski definition) is 5. The van der Waals surface area contributed by atoms with Crippen molar-refractivity contribution in [3.63, 3.8) is 0 Å². The van der Waals surface area contributed by atoms with Crippen molar-refractivity contribution in [3.05, 3.63) is 33.9 Å². The van der Waals surface area contributed by atoms with Crippen LogP contribution in [0.25, 0.3) is 0 Å². The summed E-state index contributed by atoms with van der Waals surface area (Å²) in [5, 5.41) is 22.4. The molecule has 0 saturated heterocycles. The number of nitrogens with one attached hydrogen (secondary N) is 1. The smallest absolute Gasteiger partial charge is 0.287 e. The zero-order valence-corrected chi connectivity index (χ0v) is 9.47. The summed E-state index contributed by atoms with van der Waals surface area (Å²) in [6.07, 6.45) is 0. The normalized spacial score (nSPS) is 9.65. The Bertz CT molecular complexity index is 440. The summed E-state index contributed by atoms with van der Waals surface area (Å²) in [7, 11) is 0. The fraction of sp³-hybridized carbons (Fsp3) is 0.364. The third-order valence-electron chi connectivity index (χ3n) is 2.09. The second-order valence-corrected chi connectivity index (χ2v) is 3.22. The van der Waals surface area contributed by atoms with Gasteiger partial charge in [-0.05, 0) is 19.1 Å². The first-order valence-electron chi connectivity index (χ1n) is 5.19. The molecule has 0 saturated carbocycles. The summed E-state index contributed by atoms with van der Waals surface area (Å²) in [4.78, 5) is 10.0. The van der Waals surface area contributed by atoms with Crippen LogP contribution in [0.5, 0.6) is 0 Å². The Hall–Kier alpha value is -2.13. The van der Waals surface area contributed by atoms with Gasteiger partial charge >= 0.3 is 0 Å². The zero-order valence-electron chi connectivity index (χ0n) is 9.47. The lowest BCUT2D eigenvalue weighted by molar-refractivity contribution is -0.385. The molecule has 0 spiro atoms. The topological polar surface area (TPSA) is 88.2 Å². The van der Waals surface area contributed by atoms with E-state index < -0.39 is 4.92 Å². The predicted octanol–water partition coefficient (Wildman–Crippen LogP) is 1.91. The van der Waals surface area contributed by atoms with Crippen molar-refractivity contribution in [2.24, 2.45) is 0 Å². The average molecular weight is 235 g/mol. The summed E-state index contributed by atoms with van der Waals surface area (Å²) in [5.74, 6) is 0. The monoisotopic (exact) mass is 235 g/mol. The maximum atomic E-state index is 10.6. The van der Waals surface area contributed by atoms with Gasteiger partial charge < -0.3 is 10.1 Å². The quantitative estimate of drug-likeness (QED) is 0.462. The molecule has 0 bridgehead atoms. The molecule has 1 N–H and O–H groups in total. The van der Waals surface area contributed by atoms with E-state index in [0.29, 0.717) is 25.4 Å². The van der Waals surface area contributed by atoms with E-state index in [-0.39, 0.29) is 11.3 Å². The molecule has 6 heteroatoms. The van der Waals surface area contributed by atoms with Gasteiger partial charge in [0.1, 0.15) is 11.6 Å². The lowest BCUT2D eigenvalue weighted by Crippen LogP contribution is -2.09. The highest BCUT2D eigenvalue weighted by Gasteiger charge is 2.13. The summed E-state index contributed by atoms with van der Waals surface area (Å²) >= 11 is 0. The standard InChI is InChI=1S/C11H13N3O3/c1-2-17-6-5-13-10-3-4-11(14(15)16)9(7-10)8-12/h3-4,7,13H,2,5-6H2,1H3. The van der Waals surface area contributed by atoms with E-state index in [2.05, 4.69) is 5.32 Å². The molecule has 17 heavy (non-hydrogen) atoms. The van der Waals surface area contributed by atoms with Gasteiger partial charge in [-0.2, -0.15) is 5.26 Å². The number of ether oxygens (including phenoxy) is 1. The molecule has 0 aliphatic rings. The number of nitro groups is 1. The van der Waals surface area contributed by atoms with E-state index in [1.165, 1.54) is 12.1 Å². The van der Waals surface area contributed by atoms with Crippen LogP contribution in [-0.2, 0) is 4.74 Å². The van der Waals surface area contributed by atoms with E-state index >= 15 is 0 Å². The van der Waals surface area contributed by atoms with E-state index in [1.807, 2.05) is 6.92 Å². The van der Waals surface area contributed by atoms with Gasteiger partial charge in [-0.1, -0.05) is 0 Å². The van der Waals surface area contributed by atoms with Gasteiger partial charge in [0.25, 0.3) is 5.69 Å². The molecule has 90 valence electrons. The van der Waals surface area contributed by atoms with Crippen LogP contribution in [0.1, 0.15) is 12.5 Å². The molecular formula is C11H13N3O3. The predicted molar refractivity (Wildman–Crippen MR) is 62.8 cm³/mol. The van der Waals surface area contributed by atoms with Crippen LogP contribution < -0.4 is 5.32 Å². The number of nitriles is 1. The highest BCUT2D eigenvalue weighted by Crippen LogP contribution is 2.21. The first-order chi connectivity index (χ1) is 8.19. The molecule has 1 aromatic carbocycles. The Morgan fingerprint density at radius 3 is 2.94 bits per heavy atom. The van der Waals surface area contributed by atoms with Crippen LogP contribution in [0, 0.1) is 21.4 Å². The second-order valence-electron chi connectivity index (χ2n) is 3.22. The van der Waals surface area contributed by atoms with Crippen molar-refractivity contribution < 1.29 is 9.66 Å². The number of nitrogens with zero attached hydrogens (tertiary/aromatic N) is 2. The van der Waals surface area contributed by atoms with Crippen LogP contribution in [0.3, 0.4) is 0 Å². The van der Waals surface area contributed by atoms with E-state index in [1.54, 1.807) is 12.1 Å². The number of rotatable bonds is 6. The molecule has 0 fully saturated rings. The molecule has 0 aromatic heterocycles. The van der Waals surface area contributed by atoms with Crippen molar-refractivity contribution in [2.45, 2.75) is 6.92 Å². The van der Waals surface area contributed by atoms with Gasteiger partial charge in [-0.25, -0.2) is 0 Å². The Kier molecular flexibility index (Phi) is 4.91. The molecule has 0 unspecified atom stereocenters. The first kappa shape index (κ1) is 12.9. The number of nitro benzene ring substituents is 1. The molecule has 0 amide bonds. The number of anilines is 1. The van der Waals surface area contributed by atoms with Crippen LogP contribution in [0.15, 0.2) is 18.2 Å². The van der Waals surface area contributed by atoms with E-state index in [4.69, 9.17) is 10.00 Å². The second kappa shape index (κ2) is 6.45. The number of benzene rings is 1. The average Bonchev–Trinajstić information content (AvgIpc) is 2.34. The molecule has 0 aliphatic heterocycles. The van der Waals surface area contributed by atoms with Gasteiger partial charge in [0, 0.05) is 24.9 Å². The first-order valence-corrected chi connectivity index (χ1v) is 5.19. The maximum Gasteiger partial charge on any atom is 0.287 e. The highest BCUT2D eigenvalue weighted by molar-refractivity contribution is 5.58. The van der Waals surface area contributed by atoms with Gasteiger partial charge in [0.15, 0.2) is 0 Å². The number of hydrogen-bond donors (Lipinski definition) is 1. The van der Waals surface area contributed by atoms with E-state index in [9.17, 15) is 10.1 Å². The SMILES string of the molecule is CCOCCNc1ccc([N+](=O)[O-])c(C#N)c1. The van der Waals surface area contributed by atoms with Crippen molar-refractivity contribution >= 4 is 11.4 Å². The minimum atomic E-state index is -0.567. The molecular weight excluding hydrogens is 222 g/mol. The molecule has 0 heterocycles. The van der Waals surface area contributed by atoms with Crippen LogP contribution in [0.2, 0.25) is 0 Å². The minimum absolute atomic E-state index is 0.0522. The summed E-state index contributed by atoms with van der Waals surface area (Å²) in [5.41, 5.74) is 0.547. The van der Waals surface area contributed by atoms with Crippen LogP contribution in [0.4, 0.5) is 11.4 Å². The molecule has 0 radical (unpaired) electrons. The molecule has 0 atom stereocenters. The fourth-order valence-electron chi connectivity index (χ4n) is 1.31. The Morgan fingerprint density at radius 1 is 1.59 bits per heavy atom. The van der Waals surface area contributed by atoms with Crippen molar-refractivity contribution in [1.82, 2.24) is 0 Å².